The van der Waals surface area contributed by atoms with Crippen LogP contribution in [0.3, 0.4) is 0 Å². The minimum absolute atomic E-state index is 0.0463. The molecular weight excluding hydrogens is 813 g/mol. The Morgan fingerprint density at radius 1 is 0.348 bits per heavy atom. The number of esters is 2. The highest BCUT2D eigenvalue weighted by Gasteiger charge is 2.17. The van der Waals surface area contributed by atoms with Crippen molar-refractivity contribution < 1.29 is 23.8 Å². The second kappa shape index (κ2) is 55.6. The van der Waals surface area contributed by atoms with Crippen molar-refractivity contribution in [2.45, 2.75) is 232 Å². The molecule has 0 rings (SSSR count). The van der Waals surface area contributed by atoms with Gasteiger partial charge in [-0.3, -0.25) is 9.59 Å². The summed E-state index contributed by atoms with van der Waals surface area (Å²) in [4.78, 5) is 25.4. The Morgan fingerprint density at radius 2 is 0.682 bits per heavy atom. The number of allylic oxidation sites excluding steroid dienone is 20. The first-order valence-corrected chi connectivity index (χ1v) is 27.1. The molecule has 0 aromatic heterocycles. The summed E-state index contributed by atoms with van der Waals surface area (Å²) in [6.07, 6.45) is 77.8. The van der Waals surface area contributed by atoms with Crippen LogP contribution in [0.15, 0.2) is 122 Å². The van der Waals surface area contributed by atoms with Gasteiger partial charge in [-0.15, -0.1) is 0 Å². The zero-order valence-corrected chi connectivity index (χ0v) is 42.9. The van der Waals surface area contributed by atoms with Gasteiger partial charge in [-0.25, -0.2) is 0 Å². The average Bonchev–Trinajstić information content (AvgIpc) is 3.32. The van der Waals surface area contributed by atoms with Gasteiger partial charge in [-0.1, -0.05) is 206 Å². The van der Waals surface area contributed by atoms with E-state index in [-0.39, 0.29) is 25.2 Å². The molecule has 0 amide bonds. The average molecular weight is 913 g/mol. The van der Waals surface area contributed by atoms with E-state index < -0.39 is 6.10 Å². The minimum atomic E-state index is -0.577. The van der Waals surface area contributed by atoms with E-state index in [1.165, 1.54) is 70.6 Å². The summed E-state index contributed by atoms with van der Waals surface area (Å²) in [6, 6.07) is 0. The maximum absolute atomic E-state index is 12.8. The molecule has 0 saturated carbocycles. The number of carbonyl (C=O) groups excluding carboxylic acids is 2. The molecule has 0 bridgehead atoms. The molecule has 0 heterocycles. The smallest absolute Gasteiger partial charge is 0.306 e. The van der Waals surface area contributed by atoms with E-state index in [1.807, 2.05) is 0 Å². The molecule has 66 heavy (non-hydrogen) atoms. The van der Waals surface area contributed by atoms with Gasteiger partial charge in [0.15, 0.2) is 6.10 Å². The topological polar surface area (TPSA) is 61.8 Å². The number of hydrogen-bond acceptors (Lipinski definition) is 5. The Bertz CT molecular complexity index is 1350. The van der Waals surface area contributed by atoms with Crippen LogP contribution in [0.1, 0.15) is 226 Å². The summed E-state index contributed by atoms with van der Waals surface area (Å²) >= 11 is 0. The SMILES string of the molecule is CC/C=C\C/C=C\C/C=C\C/C=C\C/C=C\CCCCCC(=O)OCC(COCCCCCCCCCC/C=C\C/C=C\CCCCC)OC(=O)CCCCC/C=C\C/C=C\C/C=C\CC. The largest absolute Gasteiger partial charge is 0.462 e. The molecule has 0 fully saturated rings. The van der Waals surface area contributed by atoms with Crippen LogP contribution in [0, 0.1) is 0 Å². The summed E-state index contributed by atoms with van der Waals surface area (Å²) in [6.45, 7) is 7.49. The standard InChI is InChI=1S/C61H100O5/c1-4-7-10-13-16-19-22-25-27-29-31-32-34-37-39-42-45-48-51-54-60(62)65-58-59(66-61(63)55-52-49-46-43-40-36-24-21-18-15-12-9-6-3)57-64-56-53-50-47-44-41-38-35-33-30-28-26-23-20-17-14-11-8-5-2/h7,9-10,12,16-21,25-28,31-32,36-37,39-40,59H,4-6,8,11,13-15,22-24,29-30,33-35,38,41-58H2,1-3H3/b10-7-,12-9-,19-16-,20-17-,21-18-,27-25-,28-26-,32-31-,39-37-,40-36-. The number of hydrogen-bond donors (Lipinski definition) is 0. The molecule has 5 heteroatoms. The van der Waals surface area contributed by atoms with Crippen molar-refractivity contribution in [1.29, 1.82) is 0 Å². The van der Waals surface area contributed by atoms with E-state index in [2.05, 4.69) is 142 Å². The molecule has 0 aliphatic rings. The monoisotopic (exact) mass is 913 g/mol. The number of carbonyl (C=O) groups is 2. The molecule has 0 spiro atoms. The molecule has 1 atom stereocenters. The Labute approximate surface area is 407 Å². The molecule has 0 aromatic rings. The molecule has 0 saturated heterocycles. The Morgan fingerprint density at radius 3 is 1.09 bits per heavy atom. The first-order valence-electron chi connectivity index (χ1n) is 27.1. The molecule has 0 aromatic carbocycles. The third-order valence-electron chi connectivity index (χ3n) is 11.0. The molecule has 374 valence electrons. The molecular formula is C61H100O5. The van der Waals surface area contributed by atoms with Gasteiger partial charge in [0, 0.05) is 19.4 Å². The zero-order chi connectivity index (χ0) is 47.7. The van der Waals surface area contributed by atoms with Gasteiger partial charge in [0.05, 0.1) is 6.61 Å². The fourth-order valence-electron chi connectivity index (χ4n) is 6.99. The lowest BCUT2D eigenvalue weighted by Gasteiger charge is -2.18. The van der Waals surface area contributed by atoms with Gasteiger partial charge in [0.2, 0.25) is 0 Å². The maximum Gasteiger partial charge on any atom is 0.306 e. The van der Waals surface area contributed by atoms with Crippen LogP contribution in [0.2, 0.25) is 0 Å². The van der Waals surface area contributed by atoms with Crippen molar-refractivity contribution in [2.24, 2.45) is 0 Å². The highest BCUT2D eigenvalue weighted by molar-refractivity contribution is 5.70. The van der Waals surface area contributed by atoms with Gasteiger partial charge in [0.1, 0.15) is 6.61 Å². The van der Waals surface area contributed by atoms with Crippen molar-refractivity contribution >= 4 is 11.9 Å². The van der Waals surface area contributed by atoms with Crippen LogP contribution < -0.4 is 0 Å². The first kappa shape index (κ1) is 62.3. The van der Waals surface area contributed by atoms with Gasteiger partial charge < -0.3 is 14.2 Å². The van der Waals surface area contributed by atoms with Gasteiger partial charge in [-0.2, -0.15) is 0 Å². The van der Waals surface area contributed by atoms with E-state index in [9.17, 15) is 9.59 Å². The van der Waals surface area contributed by atoms with Crippen LogP contribution in [0.5, 0.6) is 0 Å². The van der Waals surface area contributed by atoms with Crippen LogP contribution in [-0.4, -0.2) is 37.9 Å². The van der Waals surface area contributed by atoms with Crippen molar-refractivity contribution in [3.05, 3.63) is 122 Å². The molecule has 0 radical (unpaired) electrons. The normalized spacial score (nSPS) is 13.2. The zero-order valence-electron chi connectivity index (χ0n) is 42.9. The van der Waals surface area contributed by atoms with Gasteiger partial charge in [0.25, 0.3) is 0 Å². The Kier molecular flexibility index (Phi) is 52.5. The number of ether oxygens (including phenoxy) is 3. The Balaban J connectivity index is 4.38. The predicted octanol–water partition coefficient (Wildman–Crippen LogP) is 18.6. The quantitative estimate of drug-likeness (QED) is 0.0346. The highest BCUT2D eigenvalue weighted by atomic mass is 16.6. The van der Waals surface area contributed by atoms with Gasteiger partial charge in [-0.05, 0) is 128 Å². The van der Waals surface area contributed by atoms with E-state index in [1.54, 1.807) is 0 Å². The summed E-state index contributed by atoms with van der Waals surface area (Å²) in [5, 5.41) is 0. The van der Waals surface area contributed by atoms with Gasteiger partial charge >= 0.3 is 11.9 Å². The third-order valence-corrected chi connectivity index (χ3v) is 11.0. The third kappa shape index (κ3) is 52.9. The van der Waals surface area contributed by atoms with Crippen molar-refractivity contribution in [3.8, 4) is 0 Å². The number of unbranched alkanes of at least 4 members (excludes halogenated alkanes) is 17. The molecule has 0 N–H and O–H groups in total. The summed E-state index contributed by atoms with van der Waals surface area (Å²) in [5.74, 6) is -0.478. The molecule has 0 aliphatic carbocycles. The van der Waals surface area contributed by atoms with Crippen molar-refractivity contribution in [1.82, 2.24) is 0 Å². The summed E-state index contributed by atoms with van der Waals surface area (Å²) in [5.41, 5.74) is 0. The van der Waals surface area contributed by atoms with E-state index >= 15 is 0 Å². The fourth-order valence-corrected chi connectivity index (χ4v) is 6.99. The highest BCUT2D eigenvalue weighted by Crippen LogP contribution is 2.12. The van der Waals surface area contributed by atoms with Crippen LogP contribution >= 0.6 is 0 Å². The lowest BCUT2D eigenvalue weighted by molar-refractivity contribution is -0.163. The van der Waals surface area contributed by atoms with Crippen LogP contribution in [-0.2, 0) is 23.8 Å². The summed E-state index contributed by atoms with van der Waals surface area (Å²) < 4.78 is 17.4. The van der Waals surface area contributed by atoms with Crippen LogP contribution in [0.4, 0.5) is 0 Å². The first-order chi connectivity index (χ1) is 32.6. The lowest BCUT2D eigenvalue weighted by Crippen LogP contribution is -2.30. The Hall–Kier alpha value is -3.70. The maximum atomic E-state index is 12.8. The van der Waals surface area contributed by atoms with E-state index in [0.717, 1.165) is 122 Å². The fraction of sp³-hybridized carbons (Fsp3) is 0.639. The van der Waals surface area contributed by atoms with E-state index in [4.69, 9.17) is 14.2 Å². The molecule has 1 unspecified atom stereocenters. The summed E-state index contributed by atoms with van der Waals surface area (Å²) in [7, 11) is 0. The lowest BCUT2D eigenvalue weighted by atomic mass is 10.1. The van der Waals surface area contributed by atoms with E-state index in [0.29, 0.717) is 19.4 Å². The second-order valence-electron chi connectivity index (χ2n) is 17.4. The molecule has 5 nitrogen and oxygen atoms in total. The second-order valence-corrected chi connectivity index (χ2v) is 17.4. The minimum Gasteiger partial charge on any atom is -0.462 e. The molecule has 0 aliphatic heterocycles. The van der Waals surface area contributed by atoms with Crippen molar-refractivity contribution in [3.63, 3.8) is 0 Å². The van der Waals surface area contributed by atoms with Crippen LogP contribution in [0.25, 0.3) is 0 Å². The van der Waals surface area contributed by atoms with Crippen molar-refractivity contribution in [2.75, 3.05) is 19.8 Å². The number of rotatable bonds is 48. The predicted molar refractivity (Wildman–Crippen MR) is 288 cm³/mol.